The van der Waals surface area contributed by atoms with Gasteiger partial charge < -0.3 is 10.6 Å². The van der Waals surface area contributed by atoms with Crippen LogP contribution in [0.25, 0.3) is 0 Å². The molecule has 136 valence electrons. The highest BCUT2D eigenvalue weighted by Gasteiger charge is 2.14. The van der Waals surface area contributed by atoms with Gasteiger partial charge in [0.05, 0.1) is 21.8 Å². The van der Waals surface area contributed by atoms with Crippen molar-refractivity contribution in [3.63, 3.8) is 0 Å². The molecule has 0 saturated heterocycles. The fourth-order valence-corrected chi connectivity index (χ4v) is 2.83. The van der Waals surface area contributed by atoms with E-state index in [-0.39, 0.29) is 11.5 Å². The maximum Gasteiger partial charge on any atom is 0.257 e. The average Bonchev–Trinajstić information content (AvgIpc) is 2.66. The molecule has 0 bridgehead atoms. The van der Waals surface area contributed by atoms with Crippen LogP contribution >= 0.6 is 11.6 Å². The van der Waals surface area contributed by atoms with Crippen molar-refractivity contribution < 1.29 is 9.59 Å². The molecule has 0 atom stereocenters. The Labute approximate surface area is 162 Å². The molecule has 2 N–H and O–H groups in total. The number of carbonyl (C=O) groups excluding carboxylic acids is 2. The molecule has 2 aromatic carbocycles. The van der Waals surface area contributed by atoms with Crippen molar-refractivity contribution in [3.8, 4) is 0 Å². The summed E-state index contributed by atoms with van der Waals surface area (Å²) in [6, 6.07) is 14.2. The SMILES string of the molecule is Cc1cccc(C)c1NC(=O)c1cncc(C(=O)Nc2ccccc2Cl)c1. The van der Waals surface area contributed by atoms with Crippen molar-refractivity contribution >= 4 is 34.8 Å². The number of pyridine rings is 1. The molecule has 0 aliphatic carbocycles. The average molecular weight is 380 g/mol. The molecular formula is C21H18ClN3O2. The van der Waals surface area contributed by atoms with Crippen LogP contribution in [0.15, 0.2) is 60.9 Å². The molecule has 0 unspecified atom stereocenters. The number of hydrogen-bond donors (Lipinski definition) is 2. The molecule has 6 heteroatoms. The molecule has 0 fully saturated rings. The van der Waals surface area contributed by atoms with Gasteiger partial charge in [-0.15, -0.1) is 0 Å². The molecule has 27 heavy (non-hydrogen) atoms. The van der Waals surface area contributed by atoms with E-state index in [1.165, 1.54) is 18.5 Å². The summed E-state index contributed by atoms with van der Waals surface area (Å²) in [6.07, 6.45) is 2.83. The fourth-order valence-electron chi connectivity index (χ4n) is 2.64. The molecular weight excluding hydrogens is 362 g/mol. The van der Waals surface area contributed by atoms with E-state index in [1.54, 1.807) is 24.3 Å². The lowest BCUT2D eigenvalue weighted by Gasteiger charge is -2.12. The van der Waals surface area contributed by atoms with Gasteiger partial charge in [0, 0.05) is 18.1 Å². The number of hydrogen-bond acceptors (Lipinski definition) is 3. The number of amides is 2. The minimum Gasteiger partial charge on any atom is -0.321 e. The van der Waals surface area contributed by atoms with Crippen LogP contribution < -0.4 is 10.6 Å². The van der Waals surface area contributed by atoms with Crippen LogP contribution in [0.2, 0.25) is 5.02 Å². The first-order valence-corrected chi connectivity index (χ1v) is 8.72. The van der Waals surface area contributed by atoms with E-state index in [2.05, 4.69) is 15.6 Å². The van der Waals surface area contributed by atoms with Crippen LogP contribution in [-0.4, -0.2) is 16.8 Å². The molecule has 0 aliphatic heterocycles. The minimum absolute atomic E-state index is 0.268. The minimum atomic E-state index is -0.391. The summed E-state index contributed by atoms with van der Waals surface area (Å²) in [5, 5.41) is 6.04. The van der Waals surface area contributed by atoms with Gasteiger partial charge >= 0.3 is 0 Å². The second-order valence-electron chi connectivity index (χ2n) is 6.12. The fraction of sp³-hybridized carbons (Fsp3) is 0.0952. The summed E-state index contributed by atoms with van der Waals surface area (Å²) in [4.78, 5) is 29.1. The second-order valence-corrected chi connectivity index (χ2v) is 6.52. The molecule has 1 heterocycles. The summed E-state index contributed by atoms with van der Waals surface area (Å²) in [5.41, 5.74) is 3.74. The summed E-state index contributed by atoms with van der Waals surface area (Å²) < 4.78 is 0. The summed E-state index contributed by atoms with van der Waals surface area (Å²) in [6.45, 7) is 3.85. The normalized spacial score (nSPS) is 10.3. The lowest BCUT2D eigenvalue weighted by molar-refractivity contribution is 0.102. The van der Waals surface area contributed by atoms with Crippen LogP contribution in [0.5, 0.6) is 0 Å². The Morgan fingerprint density at radius 2 is 1.44 bits per heavy atom. The van der Waals surface area contributed by atoms with Gasteiger partial charge in [0.15, 0.2) is 0 Å². The number of nitrogens with zero attached hydrogens (tertiary/aromatic N) is 1. The Morgan fingerprint density at radius 1 is 0.852 bits per heavy atom. The van der Waals surface area contributed by atoms with Crippen LogP contribution in [0.3, 0.4) is 0 Å². The van der Waals surface area contributed by atoms with Gasteiger partial charge in [-0.25, -0.2) is 0 Å². The molecule has 0 radical (unpaired) electrons. The third-order valence-corrected chi connectivity index (χ3v) is 4.43. The third-order valence-electron chi connectivity index (χ3n) is 4.10. The summed E-state index contributed by atoms with van der Waals surface area (Å²) in [5.74, 6) is -0.718. The first kappa shape index (κ1) is 18.6. The van der Waals surface area contributed by atoms with Gasteiger partial charge in [-0.1, -0.05) is 41.9 Å². The molecule has 3 rings (SSSR count). The van der Waals surface area contributed by atoms with Crippen molar-refractivity contribution in [2.24, 2.45) is 0 Å². The van der Waals surface area contributed by atoms with Gasteiger partial charge in [0.25, 0.3) is 11.8 Å². The maximum absolute atomic E-state index is 12.6. The predicted octanol–water partition coefficient (Wildman–Crippen LogP) is 4.86. The molecule has 1 aromatic heterocycles. The van der Waals surface area contributed by atoms with Crippen LogP contribution in [0.4, 0.5) is 11.4 Å². The zero-order chi connectivity index (χ0) is 19.4. The number of rotatable bonds is 4. The quantitative estimate of drug-likeness (QED) is 0.680. The highest BCUT2D eigenvalue weighted by molar-refractivity contribution is 6.33. The Balaban J connectivity index is 1.80. The van der Waals surface area contributed by atoms with Crippen molar-refractivity contribution in [1.82, 2.24) is 4.98 Å². The lowest BCUT2D eigenvalue weighted by atomic mass is 10.1. The van der Waals surface area contributed by atoms with Crippen LogP contribution in [0, 0.1) is 13.8 Å². The van der Waals surface area contributed by atoms with Gasteiger partial charge in [-0.2, -0.15) is 0 Å². The van der Waals surface area contributed by atoms with E-state index in [4.69, 9.17) is 11.6 Å². The van der Waals surface area contributed by atoms with E-state index in [0.29, 0.717) is 16.3 Å². The molecule has 2 amide bonds. The zero-order valence-corrected chi connectivity index (χ0v) is 15.7. The molecule has 0 aliphatic rings. The number of nitrogens with one attached hydrogen (secondary N) is 2. The van der Waals surface area contributed by atoms with Crippen molar-refractivity contribution in [2.45, 2.75) is 13.8 Å². The number of aryl methyl sites for hydroxylation is 2. The van der Waals surface area contributed by atoms with Gasteiger partial charge in [-0.05, 0) is 43.2 Å². The number of anilines is 2. The highest BCUT2D eigenvalue weighted by Crippen LogP contribution is 2.22. The van der Waals surface area contributed by atoms with Crippen molar-refractivity contribution in [1.29, 1.82) is 0 Å². The largest absolute Gasteiger partial charge is 0.321 e. The van der Waals surface area contributed by atoms with Gasteiger partial charge in [-0.3, -0.25) is 14.6 Å². The monoisotopic (exact) mass is 379 g/mol. The van der Waals surface area contributed by atoms with E-state index in [0.717, 1.165) is 16.8 Å². The Bertz CT molecular complexity index is 998. The standard InChI is InChI=1S/C21H18ClN3O2/c1-13-6-5-7-14(2)19(13)25-21(27)16-10-15(11-23-12-16)20(26)24-18-9-4-3-8-17(18)22/h3-12H,1-2H3,(H,24,26)(H,25,27). The highest BCUT2D eigenvalue weighted by atomic mass is 35.5. The Hall–Kier alpha value is -3.18. The first-order chi connectivity index (χ1) is 13.0. The lowest BCUT2D eigenvalue weighted by Crippen LogP contribution is -2.17. The molecule has 0 saturated carbocycles. The number of carbonyl (C=O) groups is 2. The molecule has 3 aromatic rings. The van der Waals surface area contributed by atoms with Crippen LogP contribution in [0.1, 0.15) is 31.8 Å². The zero-order valence-electron chi connectivity index (χ0n) is 14.9. The van der Waals surface area contributed by atoms with E-state index >= 15 is 0 Å². The third kappa shape index (κ3) is 4.33. The smallest absolute Gasteiger partial charge is 0.257 e. The Kier molecular flexibility index (Phi) is 5.52. The summed E-state index contributed by atoms with van der Waals surface area (Å²) in [7, 11) is 0. The topological polar surface area (TPSA) is 71.1 Å². The Morgan fingerprint density at radius 3 is 2.07 bits per heavy atom. The van der Waals surface area contributed by atoms with E-state index in [1.807, 2.05) is 32.0 Å². The first-order valence-electron chi connectivity index (χ1n) is 8.34. The molecule has 5 nitrogen and oxygen atoms in total. The summed E-state index contributed by atoms with van der Waals surface area (Å²) >= 11 is 6.06. The van der Waals surface area contributed by atoms with E-state index < -0.39 is 5.91 Å². The predicted molar refractivity (Wildman–Crippen MR) is 108 cm³/mol. The van der Waals surface area contributed by atoms with Crippen LogP contribution in [-0.2, 0) is 0 Å². The van der Waals surface area contributed by atoms with Gasteiger partial charge in [0.2, 0.25) is 0 Å². The number of para-hydroxylation sites is 2. The van der Waals surface area contributed by atoms with Crippen molar-refractivity contribution in [2.75, 3.05) is 10.6 Å². The number of benzene rings is 2. The van der Waals surface area contributed by atoms with Gasteiger partial charge in [0.1, 0.15) is 0 Å². The molecule has 0 spiro atoms. The number of halogens is 1. The van der Waals surface area contributed by atoms with E-state index in [9.17, 15) is 9.59 Å². The maximum atomic E-state index is 12.6. The number of aromatic nitrogens is 1. The van der Waals surface area contributed by atoms with Crippen molar-refractivity contribution in [3.05, 3.63) is 88.2 Å². The second kappa shape index (κ2) is 8.01.